The molecule has 0 saturated heterocycles. The molecular formula is C18H22N2O. The maximum absolute atomic E-state index is 11.5. The summed E-state index contributed by atoms with van der Waals surface area (Å²) in [5.74, 6) is 0.0309. The Morgan fingerprint density at radius 1 is 1.05 bits per heavy atom. The zero-order chi connectivity index (χ0) is 15.2. The van der Waals surface area contributed by atoms with E-state index in [1.54, 1.807) is 0 Å². The van der Waals surface area contributed by atoms with Crippen molar-refractivity contribution in [1.29, 1.82) is 0 Å². The summed E-state index contributed by atoms with van der Waals surface area (Å²) in [7, 11) is 0. The molecule has 110 valence electrons. The molecule has 2 aromatic rings. The van der Waals surface area contributed by atoms with Gasteiger partial charge in [0.25, 0.3) is 0 Å². The van der Waals surface area contributed by atoms with E-state index in [4.69, 9.17) is 0 Å². The third-order valence-electron chi connectivity index (χ3n) is 3.45. The molecule has 2 N–H and O–H groups in total. The molecule has 0 fully saturated rings. The van der Waals surface area contributed by atoms with Gasteiger partial charge in [-0.2, -0.15) is 0 Å². The van der Waals surface area contributed by atoms with Crippen LogP contribution in [0.3, 0.4) is 0 Å². The number of nitrogens with one attached hydrogen (secondary N) is 2. The normalized spacial score (nSPS) is 10.2. The zero-order valence-electron chi connectivity index (χ0n) is 12.9. The van der Waals surface area contributed by atoms with E-state index in [2.05, 4.69) is 48.7 Å². The van der Waals surface area contributed by atoms with Crippen molar-refractivity contribution in [2.24, 2.45) is 0 Å². The smallest absolute Gasteiger partial charge is 0.224 e. The topological polar surface area (TPSA) is 41.1 Å². The molecule has 1 amide bonds. The van der Waals surface area contributed by atoms with Crippen molar-refractivity contribution in [2.45, 2.75) is 33.7 Å². The second-order valence-corrected chi connectivity index (χ2v) is 5.27. The van der Waals surface area contributed by atoms with Crippen LogP contribution in [0.4, 0.5) is 11.4 Å². The van der Waals surface area contributed by atoms with E-state index in [0.29, 0.717) is 6.42 Å². The first-order chi connectivity index (χ1) is 10.1. The third kappa shape index (κ3) is 4.35. The van der Waals surface area contributed by atoms with Gasteiger partial charge in [0.15, 0.2) is 0 Å². The minimum absolute atomic E-state index is 0.0309. The fraction of sp³-hybridized carbons (Fsp3) is 0.278. The summed E-state index contributed by atoms with van der Waals surface area (Å²) in [6.07, 6.45) is 0.486. The van der Waals surface area contributed by atoms with Crippen LogP contribution in [0.25, 0.3) is 0 Å². The standard InChI is InChI=1S/C18H22N2O/c1-4-18(21)20-16-10-7-14(3)17(11-16)19-12-15-8-5-13(2)6-9-15/h5-11,19H,4,12H2,1-3H3,(H,20,21). The molecule has 0 atom stereocenters. The predicted octanol–water partition coefficient (Wildman–Crippen LogP) is 4.26. The number of benzene rings is 2. The van der Waals surface area contributed by atoms with E-state index in [0.717, 1.165) is 23.5 Å². The molecule has 3 nitrogen and oxygen atoms in total. The Labute approximate surface area is 126 Å². The molecule has 0 bridgehead atoms. The number of carbonyl (C=O) groups excluding carboxylic acids is 1. The van der Waals surface area contributed by atoms with Crippen LogP contribution in [0, 0.1) is 13.8 Å². The average molecular weight is 282 g/mol. The molecule has 0 heterocycles. The highest BCUT2D eigenvalue weighted by Crippen LogP contribution is 2.21. The minimum atomic E-state index is 0.0309. The van der Waals surface area contributed by atoms with E-state index < -0.39 is 0 Å². The van der Waals surface area contributed by atoms with Gasteiger partial charge in [-0.05, 0) is 37.1 Å². The molecule has 0 saturated carbocycles. The van der Waals surface area contributed by atoms with E-state index in [1.165, 1.54) is 11.1 Å². The molecule has 0 aliphatic heterocycles. The monoisotopic (exact) mass is 282 g/mol. The van der Waals surface area contributed by atoms with Crippen LogP contribution in [0.15, 0.2) is 42.5 Å². The molecule has 0 spiro atoms. The Kier molecular flexibility index (Phi) is 4.99. The van der Waals surface area contributed by atoms with Crippen molar-refractivity contribution in [2.75, 3.05) is 10.6 Å². The van der Waals surface area contributed by atoms with Gasteiger partial charge in [0.05, 0.1) is 0 Å². The molecule has 0 aromatic heterocycles. The highest BCUT2D eigenvalue weighted by Gasteiger charge is 2.03. The van der Waals surface area contributed by atoms with Crippen LogP contribution < -0.4 is 10.6 Å². The Balaban J connectivity index is 2.06. The van der Waals surface area contributed by atoms with Crippen molar-refractivity contribution in [3.63, 3.8) is 0 Å². The van der Waals surface area contributed by atoms with Crippen LogP contribution in [-0.4, -0.2) is 5.91 Å². The average Bonchev–Trinajstić information content (AvgIpc) is 2.49. The Hall–Kier alpha value is -2.29. The van der Waals surface area contributed by atoms with Gasteiger partial charge < -0.3 is 10.6 Å². The first-order valence-electron chi connectivity index (χ1n) is 7.28. The van der Waals surface area contributed by atoms with E-state index >= 15 is 0 Å². The summed E-state index contributed by atoms with van der Waals surface area (Å²) < 4.78 is 0. The lowest BCUT2D eigenvalue weighted by Gasteiger charge is -2.12. The number of hydrogen-bond donors (Lipinski definition) is 2. The maximum Gasteiger partial charge on any atom is 0.224 e. The van der Waals surface area contributed by atoms with Crippen molar-refractivity contribution >= 4 is 17.3 Å². The van der Waals surface area contributed by atoms with Gasteiger partial charge in [-0.1, -0.05) is 42.8 Å². The molecule has 0 aliphatic carbocycles. The minimum Gasteiger partial charge on any atom is -0.381 e. The first-order valence-corrected chi connectivity index (χ1v) is 7.28. The highest BCUT2D eigenvalue weighted by atomic mass is 16.1. The maximum atomic E-state index is 11.5. The van der Waals surface area contributed by atoms with Crippen molar-refractivity contribution in [1.82, 2.24) is 0 Å². The number of carbonyl (C=O) groups is 1. The van der Waals surface area contributed by atoms with Gasteiger partial charge in [-0.3, -0.25) is 4.79 Å². The lowest BCUT2D eigenvalue weighted by molar-refractivity contribution is -0.115. The Morgan fingerprint density at radius 2 is 1.76 bits per heavy atom. The first kappa shape index (κ1) is 15.1. The lowest BCUT2D eigenvalue weighted by atomic mass is 10.1. The zero-order valence-corrected chi connectivity index (χ0v) is 12.9. The third-order valence-corrected chi connectivity index (χ3v) is 3.45. The van der Waals surface area contributed by atoms with Crippen LogP contribution in [0.1, 0.15) is 30.0 Å². The van der Waals surface area contributed by atoms with Crippen LogP contribution in [0.2, 0.25) is 0 Å². The summed E-state index contributed by atoms with van der Waals surface area (Å²) in [5.41, 5.74) is 5.54. The molecule has 0 radical (unpaired) electrons. The molecule has 21 heavy (non-hydrogen) atoms. The largest absolute Gasteiger partial charge is 0.381 e. The number of amides is 1. The second-order valence-electron chi connectivity index (χ2n) is 5.27. The molecular weight excluding hydrogens is 260 g/mol. The van der Waals surface area contributed by atoms with Gasteiger partial charge in [-0.25, -0.2) is 0 Å². The number of rotatable bonds is 5. The summed E-state index contributed by atoms with van der Waals surface area (Å²) in [6, 6.07) is 14.4. The van der Waals surface area contributed by atoms with Crippen LogP contribution >= 0.6 is 0 Å². The van der Waals surface area contributed by atoms with Crippen LogP contribution in [-0.2, 0) is 11.3 Å². The van der Waals surface area contributed by atoms with Crippen molar-refractivity contribution < 1.29 is 4.79 Å². The van der Waals surface area contributed by atoms with E-state index in [1.807, 2.05) is 25.1 Å². The molecule has 2 aromatic carbocycles. The summed E-state index contributed by atoms with van der Waals surface area (Å²) in [5, 5.41) is 6.31. The molecule has 0 aliphatic rings. The van der Waals surface area contributed by atoms with Gasteiger partial charge in [-0.15, -0.1) is 0 Å². The quantitative estimate of drug-likeness (QED) is 0.860. The molecule has 3 heteroatoms. The number of hydrogen-bond acceptors (Lipinski definition) is 2. The second kappa shape index (κ2) is 6.93. The molecule has 2 rings (SSSR count). The van der Waals surface area contributed by atoms with Gasteiger partial charge in [0.2, 0.25) is 5.91 Å². The molecule has 0 unspecified atom stereocenters. The van der Waals surface area contributed by atoms with Gasteiger partial charge >= 0.3 is 0 Å². The van der Waals surface area contributed by atoms with Crippen molar-refractivity contribution in [3.05, 3.63) is 59.2 Å². The highest BCUT2D eigenvalue weighted by molar-refractivity contribution is 5.91. The number of anilines is 2. The summed E-state index contributed by atoms with van der Waals surface area (Å²) in [4.78, 5) is 11.5. The number of aryl methyl sites for hydroxylation is 2. The SMILES string of the molecule is CCC(=O)Nc1ccc(C)c(NCc2ccc(C)cc2)c1. The lowest BCUT2D eigenvalue weighted by Crippen LogP contribution is -2.10. The summed E-state index contributed by atoms with van der Waals surface area (Å²) in [6.45, 7) is 6.76. The fourth-order valence-corrected chi connectivity index (χ4v) is 2.04. The summed E-state index contributed by atoms with van der Waals surface area (Å²) >= 11 is 0. The van der Waals surface area contributed by atoms with Gasteiger partial charge in [0.1, 0.15) is 0 Å². The predicted molar refractivity (Wildman–Crippen MR) is 88.6 cm³/mol. The van der Waals surface area contributed by atoms with E-state index in [9.17, 15) is 4.79 Å². The van der Waals surface area contributed by atoms with E-state index in [-0.39, 0.29) is 5.91 Å². The van der Waals surface area contributed by atoms with Crippen LogP contribution in [0.5, 0.6) is 0 Å². The fourth-order valence-electron chi connectivity index (χ4n) is 2.04. The Morgan fingerprint density at radius 3 is 2.43 bits per heavy atom. The Bertz CT molecular complexity index is 618. The van der Waals surface area contributed by atoms with Crippen molar-refractivity contribution in [3.8, 4) is 0 Å². The van der Waals surface area contributed by atoms with Gasteiger partial charge in [0, 0.05) is 24.3 Å².